The number of primary amides is 1. The van der Waals surface area contributed by atoms with Crippen molar-refractivity contribution >= 4 is 11.8 Å². The first kappa shape index (κ1) is 15.9. The summed E-state index contributed by atoms with van der Waals surface area (Å²) in [7, 11) is 0. The first-order valence-electron chi connectivity index (χ1n) is 6.16. The number of hydrogen-bond acceptors (Lipinski definition) is 3. The maximum absolute atomic E-state index is 11.9. The highest BCUT2D eigenvalue weighted by molar-refractivity contribution is 5.83. The molecule has 0 aromatic rings. The summed E-state index contributed by atoms with van der Waals surface area (Å²) in [6.07, 6.45) is 1.33. The van der Waals surface area contributed by atoms with E-state index in [9.17, 15) is 9.59 Å². The Hall–Kier alpha value is -1.10. The predicted octanol–water partition coefficient (Wildman–Crippen LogP) is 0.331. The van der Waals surface area contributed by atoms with Gasteiger partial charge in [0.05, 0.1) is 6.54 Å². The van der Waals surface area contributed by atoms with Crippen LogP contribution in [0.15, 0.2) is 0 Å². The molecule has 1 atom stereocenters. The van der Waals surface area contributed by atoms with Crippen LogP contribution in [0.4, 0.5) is 0 Å². The predicted molar refractivity (Wildman–Crippen MR) is 68.1 cm³/mol. The lowest BCUT2D eigenvalue weighted by atomic mass is 9.94. The van der Waals surface area contributed by atoms with Crippen LogP contribution in [0.25, 0.3) is 0 Å². The van der Waals surface area contributed by atoms with Crippen LogP contribution < -0.4 is 11.5 Å². The van der Waals surface area contributed by atoms with Crippen molar-refractivity contribution in [1.82, 2.24) is 4.90 Å². The molecule has 0 aromatic carbocycles. The summed E-state index contributed by atoms with van der Waals surface area (Å²) in [5.41, 5.74) is 10.7. The van der Waals surface area contributed by atoms with Gasteiger partial charge in [-0.05, 0) is 31.7 Å². The minimum absolute atomic E-state index is 0.00565. The third kappa shape index (κ3) is 6.94. The first-order chi connectivity index (χ1) is 7.90. The Morgan fingerprint density at radius 2 is 1.88 bits per heavy atom. The number of hydrogen-bond donors (Lipinski definition) is 2. The molecule has 0 aliphatic rings. The van der Waals surface area contributed by atoms with Gasteiger partial charge in [-0.3, -0.25) is 9.59 Å². The number of amides is 2. The molecule has 0 aliphatic carbocycles. The summed E-state index contributed by atoms with van der Waals surface area (Å²) in [6, 6.07) is 0. The van der Waals surface area contributed by atoms with Gasteiger partial charge in [-0.2, -0.15) is 0 Å². The van der Waals surface area contributed by atoms with Crippen molar-refractivity contribution in [3.8, 4) is 0 Å². The van der Waals surface area contributed by atoms with Crippen molar-refractivity contribution in [3.05, 3.63) is 0 Å². The third-order valence-electron chi connectivity index (χ3n) is 2.68. The monoisotopic (exact) mass is 243 g/mol. The van der Waals surface area contributed by atoms with E-state index in [1.807, 2.05) is 6.92 Å². The first-order valence-corrected chi connectivity index (χ1v) is 6.16. The summed E-state index contributed by atoms with van der Waals surface area (Å²) in [4.78, 5) is 24.2. The molecule has 0 bridgehead atoms. The Morgan fingerprint density at radius 1 is 1.29 bits per heavy atom. The zero-order chi connectivity index (χ0) is 13.4. The lowest BCUT2D eigenvalue weighted by molar-refractivity contribution is -0.135. The molecule has 0 radical (unpaired) electrons. The zero-order valence-electron chi connectivity index (χ0n) is 11.1. The summed E-state index contributed by atoms with van der Waals surface area (Å²) in [6.45, 7) is 7.04. The molecule has 5 heteroatoms. The van der Waals surface area contributed by atoms with Gasteiger partial charge in [-0.25, -0.2) is 0 Å². The molecule has 0 spiro atoms. The van der Waals surface area contributed by atoms with Gasteiger partial charge in [0.1, 0.15) is 0 Å². The van der Waals surface area contributed by atoms with Gasteiger partial charge in [0.15, 0.2) is 0 Å². The fourth-order valence-electron chi connectivity index (χ4n) is 1.87. The summed E-state index contributed by atoms with van der Waals surface area (Å²) < 4.78 is 0. The van der Waals surface area contributed by atoms with Gasteiger partial charge in [-0.15, -0.1) is 0 Å². The second-order valence-corrected chi connectivity index (χ2v) is 4.81. The summed E-state index contributed by atoms with van der Waals surface area (Å²) in [5, 5.41) is 0. The Bertz CT molecular complexity index is 254. The Morgan fingerprint density at radius 3 is 2.24 bits per heavy atom. The van der Waals surface area contributed by atoms with Crippen molar-refractivity contribution in [2.45, 2.75) is 33.6 Å². The molecule has 2 amide bonds. The van der Waals surface area contributed by atoms with Gasteiger partial charge in [0.25, 0.3) is 0 Å². The molecule has 5 nitrogen and oxygen atoms in total. The van der Waals surface area contributed by atoms with Gasteiger partial charge in [0, 0.05) is 13.0 Å². The van der Waals surface area contributed by atoms with E-state index in [1.54, 1.807) is 0 Å². The van der Waals surface area contributed by atoms with Crippen molar-refractivity contribution in [3.63, 3.8) is 0 Å². The molecule has 0 saturated carbocycles. The maximum atomic E-state index is 11.9. The van der Waals surface area contributed by atoms with Crippen LogP contribution in [0.3, 0.4) is 0 Å². The van der Waals surface area contributed by atoms with Gasteiger partial charge < -0.3 is 16.4 Å². The fourth-order valence-corrected chi connectivity index (χ4v) is 1.87. The highest BCUT2D eigenvalue weighted by atomic mass is 16.2. The minimum atomic E-state index is -0.478. The topological polar surface area (TPSA) is 89.4 Å². The molecule has 100 valence electrons. The SMILES string of the molecule is CCN(CC(N)=O)C(=O)C[C@@H](CN)CC(C)C. The molecule has 0 fully saturated rings. The van der Waals surface area contributed by atoms with E-state index in [-0.39, 0.29) is 18.4 Å². The molecular formula is C12H25N3O2. The summed E-state index contributed by atoms with van der Waals surface area (Å²) in [5.74, 6) is 0.183. The molecule has 0 rings (SSSR count). The number of likely N-dealkylation sites (N-methyl/N-ethyl adjacent to an activating group) is 1. The second kappa shape index (κ2) is 8.06. The standard InChI is InChI=1S/C12H25N3O2/c1-4-15(8-11(14)16)12(17)6-10(7-13)5-9(2)3/h9-10H,4-8,13H2,1-3H3,(H2,14,16)/t10-/m0/s1. The summed E-state index contributed by atoms with van der Waals surface area (Å²) >= 11 is 0. The molecule has 0 heterocycles. The zero-order valence-corrected chi connectivity index (χ0v) is 11.1. The van der Waals surface area contributed by atoms with Gasteiger partial charge in [-0.1, -0.05) is 13.8 Å². The van der Waals surface area contributed by atoms with E-state index in [0.29, 0.717) is 25.4 Å². The van der Waals surface area contributed by atoms with E-state index in [2.05, 4.69) is 13.8 Å². The van der Waals surface area contributed by atoms with E-state index in [0.717, 1.165) is 6.42 Å². The van der Waals surface area contributed by atoms with Crippen LogP contribution in [0.1, 0.15) is 33.6 Å². The maximum Gasteiger partial charge on any atom is 0.237 e. The van der Waals surface area contributed by atoms with Crippen molar-refractivity contribution in [2.24, 2.45) is 23.3 Å². The number of carbonyl (C=O) groups is 2. The largest absolute Gasteiger partial charge is 0.368 e. The lowest BCUT2D eigenvalue weighted by Gasteiger charge is -2.23. The van der Waals surface area contributed by atoms with Crippen molar-refractivity contribution < 1.29 is 9.59 Å². The molecule has 4 N–H and O–H groups in total. The van der Waals surface area contributed by atoms with E-state index >= 15 is 0 Å². The van der Waals surface area contributed by atoms with Crippen LogP contribution in [-0.4, -0.2) is 36.3 Å². The lowest BCUT2D eigenvalue weighted by Crippen LogP contribution is -2.39. The van der Waals surface area contributed by atoms with Crippen LogP contribution in [0, 0.1) is 11.8 Å². The third-order valence-corrected chi connectivity index (χ3v) is 2.68. The highest BCUT2D eigenvalue weighted by Crippen LogP contribution is 2.15. The van der Waals surface area contributed by atoms with E-state index in [1.165, 1.54) is 4.90 Å². The smallest absolute Gasteiger partial charge is 0.237 e. The van der Waals surface area contributed by atoms with Crippen molar-refractivity contribution in [2.75, 3.05) is 19.6 Å². The average Bonchev–Trinajstić information content (AvgIpc) is 2.23. The number of nitrogens with zero attached hydrogens (tertiary/aromatic N) is 1. The number of rotatable bonds is 8. The molecular weight excluding hydrogens is 218 g/mol. The molecule has 0 unspecified atom stereocenters. The van der Waals surface area contributed by atoms with Gasteiger partial charge >= 0.3 is 0 Å². The van der Waals surface area contributed by atoms with Crippen LogP contribution in [0.5, 0.6) is 0 Å². The fraction of sp³-hybridized carbons (Fsp3) is 0.833. The second-order valence-electron chi connectivity index (χ2n) is 4.81. The normalized spacial score (nSPS) is 12.5. The highest BCUT2D eigenvalue weighted by Gasteiger charge is 2.19. The van der Waals surface area contributed by atoms with Crippen molar-refractivity contribution in [1.29, 1.82) is 0 Å². The number of nitrogens with two attached hydrogens (primary N) is 2. The van der Waals surface area contributed by atoms with Gasteiger partial charge in [0.2, 0.25) is 11.8 Å². The van der Waals surface area contributed by atoms with E-state index in [4.69, 9.17) is 11.5 Å². The Labute approximate surface area is 104 Å². The van der Waals surface area contributed by atoms with Crippen LogP contribution >= 0.6 is 0 Å². The number of carbonyl (C=O) groups excluding carboxylic acids is 2. The quantitative estimate of drug-likeness (QED) is 0.644. The Balaban J connectivity index is 4.31. The van der Waals surface area contributed by atoms with E-state index < -0.39 is 5.91 Å². The molecule has 0 aliphatic heterocycles. The molecule has 0 saturated heterocycles. The molecule has 17 heavy (non-hydrogen) atoms. The van der Waals surface area contributed by atoms with Crippen LogP contribution in [0.2, 0.25) is 0 Å². The Kier molecular flexibility index (Phi) is 7.54. The minimum Gasteiger partial charge on any atom is -0.368 e. The van der Waals surface area contributed by atoms with Crippen LogP contribution in [-0.2, 0) is 9.59 Å². The molecule has 0 aromatic heterocycles. The average molecular weight is 243 g/mol.